The SMILES string of the molecule is CCN(C=O)CCNC(=O)c1cccs1. The number of nitrogens with one attached hydrogen (secondary N) is 1. The van der Waals surface area contributed by atoms with Gasteiger partial charge in [0.1, 0.15) is 0 Å². The van der Waals surface area contributed by atoms with Gasteiger partial charge in [0, 0.05) is 19.6 Å². The van der Waals surface area contributed by atoms with Gasteiger partial charge in [0.25, 0.3) is 5.91 Å². The van der Waals surface area contributed by atoms with Crippen molar-refractivity contribution in [2.24, 2.45) is 0 Å². The minimum Gasteiger partial charge on any atom is -0.350 e. The molecule has 1 rings (SSSR count). The molecule has 82 valence electrons. The highest BCUT2D eigenvalue weighted by molar-refractivity contribution is 7.12. The first-order chi connectivity index (χ1) is 7.27. The molecule has 0 bridgehead atoms. The van der Waals surface area contributed by atoms with Gasteiger partial charge in [-0.25, -0.2) is 0 Å². The van der Waals surface area contributed by atoms with Gasteiger partial charge in [-0.3, -0.25) is 9.59 Å². The van der Waals surface area contributed by atoms with Gasteiger partial charge in [-0.1, -0.05) is 6.07 Å². The van der Waals surface area contributed by atoms with E-state index in [1.54, 1.807) is 11.0 Å². The second-order valence-electron chi connectivity index (χ2n) is 2.97. The predicted octanol–water partition coefficient (Wildman–Crippen LogP) is 0.956. The van der Waals surface area contributed by atoms with Crippen molar-refractivity contribution in [2.45, 2.75) is 6.92 Å². The summed E-state index contributed by atoms with van der Waals surface area (Å²) in [6.07, 6.45) is 0.789. The highest BCUT2D eigenvalue weighted by atomic mass is 32.1. The van der Waals surface area contributed by atoms with E-state index in [0.29, 0.717) is 24.5 Å². The van der Waals surface area contributed by atoms with Gasteiger partial charge in [-0.15, -0.1) is 11.3 Å². The summed E-state index contributed by atoms with van der Waals surface area (Å²) in [5, 5.41) is 4.61. The second kappa shape index (κ2) is 6.19. The van der Waals surface area contributed by atoms with Gasteiger partial charge in [-0.05, 0) is 18.4 Å². The van der Waals surface area contributed by atoms with Crippen LogP contribution in [0.3, 0.4) is 0 Å². The molecule has 0 saturated carbocycles. The smallest absolute Gasteiger partial charge is 0.261 e. The molecule has 15 heavy (non-hydrogen) atoms. The Morgan fingerprint density at radius 1 is 1.67 bits per heavy atom. The number of carbonyl (C=O) groups is 2. The van der Waals surface area contributed by atoms with Crippen LogP contribution >= 0.6 is 11.3 Å². The van der Waals surface area contributed by atoms with Crippen LogP contribution in [0, 0.1) is 0 Å². The van der Waals surface area contributed by atoms with Gasteiger partial charge in [0.15, 0.2) is 0 Å². The number of rotatable bonds is 6. The summed E-state index contributed by atoms with van der Waals surface area (Å²) >= 11 is 1.41. The number of hydrogen-bond acceptors (Lipinski definition) is 3. The van der Waals surface area contributed by atoms with Gasteiger partial charge < -0.3 is 10.2 Å². The van der Waals surface area contributed by atoms with Crippen molar-refractivity contribution in [3.05, 3.63) is 22.4 Å². The van der Waals surface area contributed by atoms with Crippen LogP contribution in [-0.4, -0.2) is 36.9 Å². The Kier molecular flexibility index (Phi) is 4.83. The molecule has 0 aliphatic carbocycles. The van der Waals surface area contributed by atoms with Crippen molar-refractivity contribution < 1.29 is 9.59 Å². The zero-order chi connectivity index (χ0) is 11.1. The van der Waals surface area contributed by atoms with Crippen LogP contribution in [0.2, 0.25) is 0 Å². The number of thiophene rings is 1. The molecule has 1 N–H and O–H groups in total. The van der Waals surface area contributed by atoms with Gasteiger partial charge >= 0.3 is 0 Å². The van der Waals surface area contributed by atoms with Crippen molar-refractivity contribution in [1.82, 2.24) is 10.2 Å². The lowest BCUT2D eigenvalue weighted by molar-refractivity contribution is -0.117. The summed E-state index contributed by atoms with van der Waals surface area (Å²) in [6.45, 7) is 3.61. The van der Waals surface area contributed by atoms with E-state index in [-0.39, 0.29) is 5.91 Å². The fourth-order valence-electron chi connectivity index (χ4n) is 1.09. The third-order valence-corrected chi connectivity index (χ3v) is 2.85. The van der Waals surface area contributed by atoms with Crippen LogP contribution in [-0.2, 0) is 4.79 Å². The lowest BCUT2D eigenvalue weighted by Crippen LogP contribution is -2.33. The fraction of sp³-hybridized carbons (Fsp3) is 0.400. The lowest BCUT2D eigenvalue weighted by Gasteiger charge is -2.14. The summed E-state index contributed by atoms with van der Waals surface area (Å²) in [7, 11) is 0. The van der Waals surface area contributed by atoms with E-state index in [4.69, 9.17) is 0 Å². The molecule has 1 heterocycles. The van der Waals surface area contributed by atoms with E-state index in [1.807, 2.05) is 18.4 Å². The fourth-order valence-corrected chi connectivity index (χ4v) is 1.73. The molecule has 0 unspecified atom stereocenters. The summed E-state index contributed by atoms with van der Waals surface area (Å²) in [5.74, 6) is -0.0769. The Morgan fingerprint density at radius 3 is 3.00 bits per heavy atom. The van der Waals surface area contributed by atoms with E-state index in [9.17, 15) is 9.59 Å². The zero-order valence-electron chi connectivity index (χ0n) is 8.60. The van der Waals surface area contributed by atoms with Crippen LogP contribution in [0.25, 0.3) is 0 Å². The van der Waals surface area contributed by atoms with Crippen LogP contribution in [0.4, 0.5) is 0 Å². The maximum Gasteiger partial charge on any atom is 0.261 e. The van der Waals surface area contributed by atoms with Crippen molar-refractivity contribution >= 4 is 23.7 Å². The number of likely N-dealkylation sites (N-methyl/N-ethyl adjacent to an activating group) is 1. The third kappa shape index (κ3) is 3.71. The molecule has 1 aromatic rings. The lowest BCUT2D eigenvalue weighted by atomic mass is 10.4. The summed E-state index contributed by atoms with van der Waals surface area (Å²) in [6, 6.07) is 3.61. The first kappa shape index (κ1) is 11.7. The molecule has 4 nitrogen and oxygen atoms in total. The van der Waals surface area contributed by atoms with Crippen LogP contribution in [0.5, 0.6) is 0 Å². The third-order valence-electron chi connectivity index (χ3n) is 1.98. The van der Waals surface area contributed by atoms with E-state index in [2.05, 4.69) is 5.32 Å². The maximum atomic E-state index is 11.5. The first-order valence-corrected chi connectivity index (χ1v) is 5.67. The summed E-state index contributed by atoms with van der Waals surface area (Å²) in [4.78, 5) is 24.2. The zero-order valence-corrected chi connectivity index (χ0v) is 9.42. The Hall–Kier alpha value is -1.36. The van der Waals surface area contributed by atoms with Crippen LogP contribution in [0.15, 0.2) is 17.5 Å². The highest BCUT2D eigenvalue weighted by Crippen LogP contribution is 2.07. The molecule has 0 radical (unpaired) electrons. The van der Waals surface area contributed by atoms with Gasteiger partial charge in [-0.2, -0.15) is 0 Å². The molecule has 1 aromatic heterocycles. The second-order valence-corrected chi connectivity index (χ2v) is 3.91. The normalized spacial score (nSPS) is 9.67. The van der Waals surface area contributed by atoms with E-state index in [1.165, 1.54) is 11.3 Å². The highest BCUT2D eigenvalue weighted by Gasteiger charge is 2.05. The Bertz CT molecular complexity index is 311. The molecule has 0 saturated heterocycles. The average molecular weight is 226 g/mol. The minimum atomic E-state index is -0.0769. The topological polar surface area (TPSA) is 49.4 Å². The molecule has 0 atom stereocenters. The maximum absolute atomic E-state index is 11.5. The molecular formula is C10H14N2O2S. The molecule has 0 aliphatic rings. The summed E-state index contributed by atoms with van der Waals surface area (Å²) in [5.41, 5.74) is 0. The predicted molar refractivity (Wildman–Crippen MR) is 60.0 cm³/mol. The van der Waals surface area contributed by atoms with Crippen molar-refractivity contribution in [3.63, 3.8) is 0 Å². The number of carbonyl (C=O) groups excluding carboxylic acids is 2. The Labute approximate surface area is 92.9 Å². The van der Waals surface area contributed by atoms with Gasteiger partial charge in [0.2, 0.25) is 6.41 Å². The van der Waals surface area contributed by atoms with Crippen molar-refractivity contribution in [1.29, 1.82) is 0 Å². The van der Waals surface area contributed by atoms with Gasteiger partial charge in [0.05, 0.1) is 4.88 Å². The first-order valence-electron chi connectivity index (χ1n) is 4.79. The Balaban J connectivity index is 2.26. The molecule has 0 spiro atoms. The largest absolute Gasteiger partial charge is 0.350 e. The minimum absolute atomic E-state index is 0.0769. The standard InChI is InChI=1S/C10H14N2O2S/c1-2-12(8-13)6-5-11-10(14)9-4-3-7-15-9/h3-4,7-8H,2,5-6H2,1H3,(H,11,14). The number of nitrogens with zero attached hydrogens (tertiary/aromatic N) is 1. The van der Waals surface area contributed by atoms with Crippen molar-refractivity contribution in [2.75, 3.05) is 19.6 Å². The molecule has 2 amide bonds. The molecule has 0 fully saturated rings. The average Bonchev–Trinajstić information content (AvgIpc) is 2.77. The van der Waals surface area contributed by atoms with E-state index in [0.717, 1.165) is 6.41 Å². The molecule has 0 aliphatic heterocycles. The molecular weight excluding hydrogens is 212 g/mol. The van der Waals surface area contributed by atoms with E-state index >= 15 is 0 Å². The molecule has 0 aromatic carbocycles. The Morgan fingerprint density at radius 2 is 2.47 bits per heavy atom. The van der Waals surface area contributed by atoms with E-state index < -0.39 is 0 Å². The van der Waals surface area contributed by atoms with Crippen molar-refractivity contribution in [3.8, 4) is 0 Å². The number of hydrogen-bond donors (Lipinski definition) is 1. The van der Waals surface area contributed by atoms with Crippen LogP contribution in [0.1, 0.15) is 16.6 Å². The number of amides is 2. The summed E-state index contributed by atoms with van der Waals surface area (Å²) < 4.78 is 0. The quantitative estimate of drug-likeness (QED) is 0.734. The molecule has 5 heteroatoms. The van der Waals surface area contributed by atoms with Crippen LogP contribution < -0.4 is 5.32 Å². The monoisotopic (exact) mass is 226 g/mol.